The van der Waals surface area contributed by atoms with Crippen molar-refractivity contribution in [3.63, 3.8) is 0 Å². The molecule has 2 aromatic rings. The third-order valence-electron chi connectivity index (χ3n) is 4.52. The molecule has 1 aromatic heterocycles. The van der Waals surface area contributed by atoms with Crippen molar-refractivity contribution in [1.82, 2.24) is 4.98 Å². The Morgan fingerprint density at radius 1 is 1.04 bits per heavy atom. The molecule has 1 aromatic carbocycles. The summed E-state index contributed by atoms with van der Waals surface area (Å²) in [5, 5.41) is 4.50. The van der Waals surface area contributed by atoms with Crippen LogP contribution in [-0.4, -0.2) is 21.1 Å². The minimum Gasteiger partial charge on any atom is -0.256 e. The first-order chi connectivity index (χ1) is 10.8. The van der Waals surface area contributed by atoms with Crippen LogP contribution in [-0.2, 0) is 0 Å². The van der Waals surface area contributed by atoms with Crippen LogP contribution in [0.2, 0.25) is 32.7 Å². The molecule has 0 fully saturated rings. The summed E-state index contributed by atoms with van der Waals surface area (Å²) in [6.07, 6.45) is 5.75. The molecule has 0 amide bonds. The van der Waals surface area contributed by atoms with Crippen molar-refractivity contribution in [2.45, 2.75) is 58.9 Å². The number of pyridine rings is 1. The van der Waals surface area contributed by atoms with E-state index in [0.717, 1.165) is 0 Å². The summed E-state index contributed by atoms with van der Waals surface area (Å²) in [4.78, 5) is 4.73. The van der Waals surface area contributed by atoms with Crippen LogP contribution in [0.3, 0.4) is 0 Å². The lowest BCUT2D eigenvalue weighted by Crippen LogP contribution is -2.45. The van der Waals surface area contributed by atoms with Gasteiger partial charge in [0.2, 0.25) is 0 Å². The molecule has 1 nitrogen and oxygen atoms in total. The lowest BCUT2D eigenvalue weighted by molar-refractivity contribution is 0.804. The summed E-state index contributed by atoms with van der Waals surface area (Å²) in [6.45, 7) is 14.7. The molecule has 0 aliphatic carbocycles. The molecule has 0 N–H and O–H groups in total. The fourth-order valence-corrected chi connectivity index (χ4v) is 9.63. The van der Waals surface area contributed by atoms with Crippen LogP contribution in [0.5, 0.6) is 0 Å². The van der Waals surface area contributed by atoms with Gasteiger partial charge in [0, 0.05) is 11.6 Å². The Morgan fingerprint density at radius 2 is 1.74 bits per heavy atom. The molecular weight excluding hydrogens is 310 g/mol. The Bertz CT molecular complexity index is 691. The van der Waals surface area contributed by atoms with Crippen LogP contribution >= 0.6 is 0 Å². The molecule has 3 heteroatoms. The van der Waals surface area contributed by atoms with E-state index in [-0.39, 0.29) is 0 Å². The van der Waals surface area contributed by atoms with Gasteiger partial charge >= 0.3 is 0 Å². The molecular formula is C20H31NSi2. The minimum atomic E-state index is -1.69. The number of benzene rings is 1. The van der Waals surface area contributed by atoms with Gasteiger partial charge in [-0.25, -0.2) is 0 Å². The van der Waals surface area contributed by atoms with Crippen molar-refractivity contribution in [3.05, 3.63) is 47.4 Å². The van der Waals surface area contributed by atoms with Crippen LogP contribution in [0.25, 0.3) is 10.9 Å². The number of fused-ring (bicyclic) bond motifs is 1. The third-order valence-corrected chi connectivity index (χ3v) is 9.77. The highest BCUT2D eigenvalue weighted by atomic mass is 28.3. The Hall–Kier alpha value is -1.20. The molecule has 0 radical (unpaired) electrons. The van der Waals surface area contributed by atoms with Gasteiger partial charge in [-0.2, -0.15) is 0 Å². The average molecular weight is 342 g/mol. The predicted molar refractivity (Wildman–Crippen MR) is 110 cm³/mol. The van der Waals surface area contributed by atoms with Crippen LogP contribution in [0.4, 0.5) is 0 Å². The monoisotopic (exact) mass is 341 g/mol. The fraction of sp³-hybridized carbons (Fsp3) is 0.450. The first-order valence-corrected chi connectivity index (χ1v) is 15.4. The Labute approximate surface area is 143 Å². The Kier molecular flexibility index (Phi) is 5.63. The average Bonchev–Trinajstić information content (AvgIpc) is 2.49. The minimum absolute atomic E-state index is 1.21. The van der Waals surface area contributed by atoms with Gasteiger partial charge in [0.15, 0.2) is 0 Å². The molecule has 0 atom stereocenters. The lowest BCUT2D eigenvalue weighted by Gasteiger charge is -2.30. The number of nitrogens with zero attached hydrogens (tertiary/aromatic N) is 1. The molecule has 124 valence electrons. The number of hydrogen-bond acceptors (Lipinski definition) is 1. The smallest absolute Gasteiger partial charge is 0.109 e. The van der Waals surface area contributed by atoms with Gasteiger partial charge in [-0.1, -0.05) is 87.7 Å². The predicted octanol–water partition coefficient (Wildman–Crippen LogP) is 5.68. The van der Waals surface area contributed by atoms with Crippen LogP contribution < -0.4 is 5.19 Å². The largest absolute Gasteiger partial charge is 0.256 e. The fourth-order valence-electron chi connectivity index (χ4n) is 3.24. The second-order valence-electron chi connectivity index (χ2n) is 8.14. The standard InChI is InChI=1S/C20H31NSi2/c1-7-8-13-18(16-22(2,3)4)23(5,6)19-14-9-11-17-12-10-15-21-20(17)19/h9-12,14-16H,7-8,13H2,1-6H3/b18-16+. The maximum atomic E-state index is 4.73. The van der Waals surface area contributed by atoms with E-state index in [9.17, 15) is 0 Å². The van der Waals surface area contributed by atoms with Gasteiger partial charge in [-0.15, -0.1) is 0 Å². The summed E-state index contributed by atoms with van der Waals surface area (Å²) in [5.41, 5.74) is 3.89. The zero-order valence-electron chi connectivity index (χ0n) is 15.6. The van der Waals surface area contributed by atoms with Gasteiger partial charge < -0.3 is 0 Å². The molecule has 23 heavy (non-hydrogen) atoms. The highest BCUT2D eigenvalue weighted by Crippen LogP contribution is 2.26. The van der Waals surface area contributed by atoms with Crippen molar-refractivity contribution >= 4 is 32.2 Å². The Balaban J connectivity index is 2.57. The van der Waals surface area contributed by atoms with E-state index in [1.165, 1.54) is 35.4 Å². The van der Waals surface area contributed by atoms with E-state index in [1.54, 1.807) is 5.20 Å². The molecule has 0 saturated heterocycles. The highest BCUT2D eigenvalue weighted by Gasteiger charge is 2.31. The molecule has 0 bridgehead atoms. The van der Waals surface area contributed by atoms with E-state index >= 15 is 0 Å². The third kappa shape index (κ3) is 4.42. The topological polar surface area (TPSA) is 12.9 Å². The van der Waals surface area contributed by atoms with Crippen LogP contribution in [0.15, 0.2) is 47.4 Å². The second-order valence-corrected chi connectivity index (χ2v) is 17.6. The van der Waals surface area contributed by atoms with E-state index < -0.39 is 16.1 Å². The molecule has 0 spiro atoms. The van der Waals surface area contributed by atoms with Gasteiger partial charge in [-0.05, 0) is 17.7 Å². The quantitative estimate of drug-likeness (QED) is 0.616. The van der Waals surface area contributed by atoms with E-state index in [0.29, 0.717) is 0 Å². The van der Waals surface area contributed by atoms with Crippen molar-refractivity contribution in [3.8, 4) is 0 Å². The summed E-state index contributed by atoms with van der Waals surface area (Å²) in [6, 6.07) is 10.9. The number of para-hydroxylation sites is 1. The normalized spacial score (nSPS) is 13.6. The molecule has 0 unspecified atom stereocenters. The molecule has 0 saturated carbocycles. The Morgan fingerprint density at radius 3 is 2.39 bits per heavy atom. The van der Waals surface area contributed by atoms with Crippen molar-refractivity contribution in [2.75, 3.05) is 0 Å². The summed E-state index contributed by atoms with van der Waals surface area (Å²) >= 11 is 0. The maximum absolute atomic E-state index is 4.73. The molecule has 1 heterocycles. The van der Waals surface area contributed by atoms with E-state index in [2.05, 4.69) is 69.6 Å². The van der Waals surface area contributed by atoms with Gasteiger partial charge in [0.05, 0.1) is 13.6 Å². The number of unbranched alkanes of at least 4 members (excludes halogenated alkanes) is 1. The van der Waals surface area contributed by atoms with E-state index in [1.807, 2.05) is 12.3 Å². The maximum Gasteiger partial charge on any atom is 0.109 e. The first-order valence-electron chi connectivity index (χ1n) is 8.82. The van der Waals surface area contributed by atoms with Gasteiger partial charge in [-0.3, -0.25) is 4.98 Å². The number of aromatic nitrogens is 1. The zero-order chi connectivity index (χ0) is 17.1. The van der Waals surface area contributed by atoms with Gasteiger partial charge in [0.25, 0.3) is 0 Å². The van der Waals surface area contributed by atoms with E-state index in [4.69, 9.17) is 4.98 Å². The number of allylic oxidation sites excluding steroid dienone is 1. The number of hydrogen-bond donors (Lipinski definition) is 0. The molecule has 2 rings (SSSR count). The summed E-state index contributed by atoms with van der Waals surface area (Å²) in [5.74, 6) is 0. The zero-order valence-corrected chi connectivity index (χ0v) is 17.6. The number of rotatable bonds is 6. The van der Waals surface area contributed by atoms with Crippen molar-refractivity contribution in [2.24, 2.45) is 0 Å². The second kappa shape index (κ2) is 7.14. The lowest BCUT2D eigenvalue weighted by atomic mass is 10.2. The van der Waals surface area contributed by atoms with Crippen molar-refractivity contribution < 1.29 is 0 Å². The summed E-state index contributed by atoms with van der Waals surface area (Å²) < 4.78 is 0. The summed E-state index contributed by atoms with van der Waals surface area (Å²) in [7, 11) is -2.92. The molecule has 0 aliphatic rings. The SMILES string of the molecule is CCCC/C(=C\[Si](C)(C)C)[Si](C)(C)c1cccc2cccnc12. The van der Waals surface area contributed by atoms with Crippen LogP contribution in [0, 0.1) is 0 Å². The van der Waals surface area contributed by atoms with Crippen molar-refractivity contribution in [1.29, 1.82) is 0 Å². The van der Waals surface area contributed by atoms with Crippen LogP contribution in [0.1, 0.15) is 26.2 Å². The van der Waals surface area contributed by atoms with Gasteiger partial charge in [0.1, 0.15) is 8.07 Å². The first kappa shape index (κ1) is 18.1. The highest BCUT2D eigenvalue weighted by molar-refractivity contribution is 6.98. The molecule has 0 aliphatic heterocycles.